The second kappa shape index (κ2) is 17.4. The molecule has 12 heteroatoms. The van der Waals surface area contributed by atoms with Gasteiger partial charge in [-0.3, -0.25) is 28.8 Å². The smallest absolute Gasteiger partial charge is 0.246 e. The van der Waals surface area contributed by atoms with Gasteiger partial charge in [0.25, 0.3) is 0 Å². The molecule has 2 saturated carbocycles. The SMILES string of the molecule is CCCC(CC(=O)[C@@H]1[C@H]2CCC[C@H]2CN1C(=O)[C@@H](NC(=O)[C@H](CC(=O)CCCCc1nn[nH]n1)C(C)C)C(C)C)C(=O)C(=O)CC1CC1. The highest BCUT2D eigenvalue weighted by Crippen LogP contribution is 2.44. The van der Waals surface area contributed by atoms with E-state index in [1.54, 1.807) is 4.90 Å². The van der Waals surface area contributed by atoms with Gasteiger partial charge in [-0.2, -0.15) is 5.21 Å². The number of aromatic amines is 1. The molecule has 3 aliphatic rings. The van der Waals surface area contributed by atoms with Crippen molar-refractivity contribution in [3.63, 3.8) is 0 Å². The molecule has 266 valence electrons. The second-order valence-electron chi connectivity index (χ2n) is 15.2. The molecule has 3 fully saturated rings. The van der Waals surface area contributed by atoms with Gasteiger partial charge in [-0.15, -0.1) is 10.2 Å². The number of likely N-dealkylation sites (tertiary alicyclic amines) is 1. The Hall–Kier alpha value is -3.31. The summed E-state index contributed by atoms with van der Waals surface area (Å²) in [6.07, 6.45) is 8.52. The second-order valence-corrected chi connectivity index (χ2v) is 15.2. The number of nitrogens with zero attached hydrogens (tertiary/aromatic N) is 4. The van der Waals surface area contributed by atoms with Crippen molar-refractivity contribution in [2.45, 2.75) is 137 Å². The lowest BCUT2D eigenvalue weighted by atomic mass is 9.84. The fourth-order valence-corrected chi connectivity index (χ4v) is 7.72. The Bertz CT molecular complexity index is 1290. The summed E-state index contributed by atoms with van der Waals surface area (Å²) < 4.78 is 0. The first-order valence-electron chi connectivity index (χ1n) is 18.4. The first-order valence-corrected chi connectivity index (χ1v) is 18.4. The zero-order valence-electron chi connectivity index (χ0n) is 29.5. The zero-order chi connectivity index (χ0) is 35.0. The van der Waals surface area contributed by atoms with Crippen LogP contribution < -0.4 is 5.32 Å². The molecule has 2 heterocycles. The third-order valence-electron chi connectivity index (χ3n) is 10.7. The molecule has 0 radical (unpaired) electrons. The van der Waals surface area contributed by atoms with E-state index in [1.165, 1.54) is 0 Å². The highest BCUT2D eigenvalue weighted by atomic mass is 16.2. The van der Waals surface area contributed by atoms with Crippen LogP contribution in [0.4, 0.5) is 0 Å². The van der Waals surface area contributed by atoms with Crippen LogP contribution >= 0.6 is 0 Å². The molecule has 2 amide bonds. The van der Waals surface area contributed by atoms with Crippen molar-refractivity contribution in [2.75, 3.05) is 6.54 Å². The molecule has 12 nitrogen and oxygen atoms in total. The molecule has 1 unspecified atom stereocenters. The number of amides is 2. The van der Waals surface area contributed by atoms with Gasteiger partial charge in [-0.25, -0.2) is 0 Å². The van der Waals surface area contributed by atoms with Crippen molar-refractivity contribution in [1.29, 1.82) is 0 Å². The van der Waals surface area contributed by atoms with E-state index in [4.69, 9.17) is 0 Å². The summed E-state index contributed by atoms with van der Waals surface area (Å²) in [7, 11) is 0. The van der Waals surface area contributed by atoms with Gasteiger partial charge in [-0.1, -0.05) is 52.7 Å². The number of ketones is 4. The van der Waals surface area contributed by atoms with E-state index in [9.17, 15) is 28.8 Å². The number of tetrazole rings is 1. The van der Waals surface area contributed by atoms with Crippen molar-refractivity contribution >= 4 is 34.9 Å². The maximum Gasteiger partial charge on any atom is 0.246 e. The van der Waals surface area contributed by atoms with Crippen LogP contribution in [0, 0.1) is 41.4 Å². The third-order valence-corrected chi connectivity index (χ3v) is 10.7. The number of carbonyl (C=O) groups excluding carboxylic acids is 6. The summed E-state index contributed by atoms with van der Waals surface area (Å²) in [5.41, 5.74) is 0. The number of hydrogen-bond donors (Lipinski definition) is 2. The largest absolute Gasteiger partial charge is 0.344 e. The molecule has 1 aliphatic heterocycles. The Morgan fingerprint density at radius 3 is 2.33 bits per heavy atom. The topological polar surface area (TPSA) is 172 Å². The Morgan fingerprint density at radius 1 is 0.958 bits per heavy atom. The number of hydrogen-bond acceptors (Lipinski definition) is 9. The number of nitrogens with one attached hydrogen (secondary N) is 2. The van der Waals surface area contributed by atoms with Gasteiger partial charge in [0.1, 0.15) is 11.8 Å². The molecule has 48 heavy (non-hydrogen) atoms. The van der Waals surface area contributed by atoms with Crippen molar-refractivity contribution in [1.82, 2.24) is 30.8 Å². The molecule has 6 atom stereocenters. The van der Waals surface area contributed by atoms with E-state index < -0.39 is 29.7 Å². The van der Waals surface area contributed by atoms with Crippen molar-refractivity contribution in [2.24, 2.45) is 41.4 Å². The van der Waals surface area contributed by atoms with Crippen LogP contribution in [-0.2, 0) is 35.2 Å². The summed E-state index contributed by atoms with van der Waals surface area (Å²) in [4.78, 5) is 82.5. The fraction of sp³-hybridized carbons (Fsp3) is 0.806. The Labute approximate surface area is 284 Å². The van der Waals surface area contributed by atoms with E-state index in [-0.39, 0.29) is 72.1 Å². The molecule has 1 saturated heterocycles. The number of fused-ring (bicyclic) bond motifs is 1. The van der Waals surface area contributed by atoms with E-state index >= 15 is 0 Å². The number of Topliss-reactive ketones (excluding diaryl/α,β-unsaturated/α-hetero) is 4. The van der Waals surface area contributed by atoms with Crippen LogP contribution in [0.1, 0.15) is 124 Å². The lowest BCUT2D eigenvalue weighted by Gasteiger charge is -2.33. The number of H-pyrrole nitrogens is 1. The molecule has 4 rings (SSSR count). The minimum atomic E-state index is -0.855. The van der Waals surface area contributed by atoms with Crippen LogP contribution in [0.2, 0.25) is 0 Å². The van der Waals surface area contributed by atoms with Crippen LogP contribution in [-0.4, -0.2) is 79.1 Å². The predicted octanol–water partition coefficient (Wildman–Crippen LogP) is 4.23. The van der Waals surface area contributed by atoms with E-state index in [1.807, 2.05) is 34.6 Å². The van der Waals surface area contributed by atoms with Gasteiger partial charge in [0.15, 0.2) is 17.4 Å². The molecular formula is C36H56N6O6. The average Bonchev–Trinajstić information content (AvgIpc) is 3.38. The minimum Gasteiger partial charge on any atom is -0.344 e. The number of rotatable bonds is 21. The molecule has 0 bridgehead atoms. The zero-order valence-corrected chi connectivity index (χ0v) is 29.5. The average molecular weight is 669 g/mol. The maximum absolute atomic E-state index is 14.3. The van der Waals surface area contributed by atoms with Gasteiger partial charge in [0.2, 0.25) is 17.6 Å². The number of aryl methyl sites for hydroxylation is 1. The first kappa shape index (κ1) is 37.5. The molecular weight excluding hydrogens is 612 g/mol. The monoisotopic (exact) mass is 668 g/mol. The lowest BCUT2D eigenvalue weighted by Crippen LogP contribution is -2.56. The molecule has 0 aromatic carbocycles. The van der Waals surface area contributed by atoms with Crippen LogP contribution in [0.25, 0.3) is 0 Å². The summed E-state index contributed by atoms with van der Waals surface area (Å²) in [6.45, 7) is 9.94. The minimum absolute atomic E-state index is 0.00536. The lowest BCUT2D eigenvalue weighted by molar-refractivity contribution is -0.145. The van der Waals surface area contributed by atoms with Gasteiger partial charge in [0, 0.05) is 50.5 Å². The predicted molar refractivity (Wildman–Crippen MR) is 178 cm³/mol. The molecule has 1 aromatic heterocycles. The summed E-state index contributed by atoms with van der Waals surface area (Å²) in [5, 5.41) is 16.8. The molecule has 1 aromatic rings. The molecule has 2 N–H and O–H groups in total. The number of aromatic nitrogens is 4. The van der Waals surface area contributed by atoms with Crippen molar-refractivity contribution in [3.8, 4) is 0 Å². The van der Waals surface area contributed by atoms with Gasteiger partial charge < -0.3 is 10.2 Å². The third kappa shape index (κ3) is 9.87. The van der Waals surface area contributed by atoms with Gasteiger partial charge in [-0.05, 0) is 74.5 Å². The number of unbranched alkanes of at least 4 members (excludes halogenated alkanes) is 1. The standard InChI is InChI=1S/C36H56N6O6/c1-6-10-24(34(46)30(45)17-23-15-16-23)18-29(44)33-27-13-9-11-25(27)20-42(33)36(48)32(22(4)5)37-35(47)28(21(2)3)19-26(43)12-7-8-14-31-38-40-41-39-31/h21-25,27-28,32-33H,6-20H2,1-5H3,(H,37,47)(H,38,39,40,41)/t24?,25-,27-,28+,32-,33-/m0/s1. The Kier molecular flexibility index (Phi) is 13.6. The fourth-order valence-electron chi connectivity index (χ4n) is 7.72. The van der Waals surface area contributed by atoms with Gasteiger partial charge >= 0.3 is 0 Å². The van der Waals surface area contributed by atoms with E-state index in [0.29, 0.717) is 50.4 Å². The normalized spacial score (nSPS) is 22.4. The van der Waals surface area contributed by atoms with E-state index in [2.05, 4.69) is 25.9 Å². The van der Waals surface area contributed by atoms with Crippen LogP contribution in [0.3, 0.4) is 0 Å². The summed E-state index contributed by atoms with van der Waals surface area (Å²) in [5.74, 6) is -2.08. The number of carbonyl (C=O) groups is 6. The summed E-state index contributed by atoms with van der Waals surface area (Å²) in [6, 6.07) is -1.52. The van der Waals surface area contributed by atoms with Gasteiger partial charge in [0.05, 0.1) is 6.04 Å². The summed E-state index contributed by atoms with van der Waals surface area (Å²) >= 11 is 0. The Balaban J connectivity index is 1.41. The van der Waals surface area contributed by atoms with E-state index in [0.717, 1.165) is 38.5 Å². The quantitative estimate of drug-likeness (QED) is 0.144. The van der Waals surface area contributed by atoms with Crippen molar-refractivity contribution < 1.29 is 28.8 Å². The Morgan fingerprint density at radius 2 is 1.71 bits per heavy atom. The molecule has 0 spiro atoms. The first-order chi connectivity index (χ1) is 22.9. The molecule has 2 aliphatic carbocycles. The highest BCUT2D eigenvalue weighted by molar-refractivity contribution is 6.38. The van der Waals surface area contributed by atoms with Crippen molar-refractivity contribution in [3.05, 3.63) is 5.82 Å². The highest BCUT2D eigenvalue weighted by Gasteiger charge is 2.51. The maximum atomic E-state index is 14.3. The van der Waals surface area contributed by atoms with Crippen LogP contribution in [0.5, 0.6) is 0 Å². The van der Waals surface area contributed by atoms with Crippen LogP contribution in [0.15, 0.2) is 0 Å².